The van der Waals surface area contributed by atoms with Crippen LogP contribution < -0.4 is 10.0 Å². The van der Waals surface area contributed by atoms with Crippen LogP contribution in [-0.4, -0.2) is 51.9 Å². The molecule has 1 unspecified atom stereocenters. The number of amides is 1. The number of hydrogen-bond acceptors (Lipinski definition) is 4. The molecule has 1 amide bonds. The average molecular weight is 431 g/mol. The molecule has 0 aliphatic carbocycles. The van der Waals surface area contributed by atoms with Crippen LogP contribution in [0.15, 0.2) is 23.1 Å². The van der Waals surface area contributed by atoms with Crippen molar-refractivity contribution in [2.75, 3.05) is 26.7 Å². The van der Waals surface area contributed by atoms with Crippen LogP contribution in [0.2, 0.25) is 10.0 Å². The fraction of sp³-hybridized carbons (Fsp3) is 0.533. The van der Waals surface area contributed by atoms with E-state index in [4.69, 9.17) is 23.2 Å². The van der Waals surface area contributed by atoms with Crippen molar-refractivity contribution in [1.82, 2.24) is 14.9 Å². The summed E-state index contributed by atoms with van der Waals surface area (Å²) >= 11 is 11.9. The topological polar surface area (TPSA) is 78.5 Å². The fourth-order valence-corrected chi connectivity index (χ4v) is 5.03. The maximum atomic E-state index is 12.3. The van der Waals surface area contributed by atoms with Crippen LogP contribution in [0.4, 0.5) is 0 Å². The van der Waals surface area contributed by atoms with Gasteiger partial charge in [-0.05, 0) is 32.0 Å². The highest BCUT2D eigenvalue weighted by Gasteiger charge is 2.28. The molecule has 25 heavy (non-hydrogen) atoms. The maximum Gasteiger partial charge on any atom is 0.243 e. The maximum absolute atomic E-state index is 12.3. The summed E-state index contributed by atoms with van der Waals surface area (Å²) in [4.78, 5) is 14.0. The number of likely N-dealkylation sites (N-methyl/N-ethyl adjacent to an activating group) is 1. The second-order valence-electron chi connectivity index (χ2n) is 5.64. The molecule has 6 nitrogen and oxygen atoms in total. The third-order valence-electron chi connectivity index (χ3n) is 3.96. The molecule has 0 radical (unpaired) electrons. The van der Waals surface area contributed by atoms with Crippen LogP contribution in [-0.2, 0) is 14.8 Å². The molecule has 2 N–H and O–H groups in total. The van der Waals surface area contributed by atoms with Crippen molar-refractivity contribution in [3.8, 4) is 0 Å². The lowest BCUT2D eigenvalue weighted by Crippen LogP contribution is -2.42. The first-order valence-corrected chi connectivity index (χ1v) is 9.98. The summed E-state index contributed by atoms with van der Waals surface area (Å²) in [5.41, 5.74) is 0. The van der Waals surface area contributed by atoms with Crippen LogP contribution in [0, 0.1) is 0 Å². The van der Waals surface area contributed by atoms with Crippen molar-refractivity contribution in [2.24, 2.45) is 0 Å². The highest BCUT2D eigenvalue weighted by Crippen LogP contribution is 2.28. The summed E-state index contributed by atoms with van der Waals surface area (Å²) in [5, 5.41) is 3.18. The molecule has 1 aliphatic heterocycles. The predicted molar refractivity (Wildman–Crippen MR) is 102 cm³/mol. The molecule has 2 rings (SSSR count). The Bertz CT molecular complexity index is 680. The first-order chi connectivity index (χ1) is 11.4. The van der Waals surface area contributed by atoms with E-state index < -0.39 is 10.0 Å². The number of likely N-dealkylation sites (tertiary alicyclic amines) is 1. The van der Waals surface area contributed by atoms with E-state index in [1.165, 1.54) is 12.1 Å². The predicted octanol–water partition coefficient (Wildman–Crippen LogP) is 2.29. The van der Waals surface area contributed by atoms with Crippen LogP contribution in [0.3, 0.4) is 0 Å². The van der Waals surface area contributed by atoms with E-state index in [1.54, 1.807) is 6.07 Å². The van der Waals surface area contributed by atoms with Crippen molar-refractivity contribution in [3.05, 3.63) is 28.2 Å². The fourth-order valence-electron chi connectivity index (χ4n) is 2.86. The Hall–Kier alpha value is -0.570. The standard InChI is InChI=1S/C15H21Cl2N3O3S.ClH/c1-18-10-11-4-3-9-20(11)14(21)7-8-19-24(22,23)15-12(16)5-2-6-13(15)17;/h2,5-6,11,18-19H,3-4,7-10H2,1H3;1H. The zero-order valence-corrected chi connectivity index (χ0v) is 16.9. The number of benzene rings is 1. The Morgan fingerprint density at radius 2 is 1.96 bits per heavy atom. The molecular weight excluding hydrogens is 409 g/mol. The number of sulfonamides is 1. The lowest BCUT2D eigenvalue weighted by Gasteiger charge is -2.24. The molecule has 142 valence electrons. The molecule has 1 fully saturated rings. The third-order valence-corrected chi connectivity index (χ3v) is 6.37. The van der Waals surface area contributed by atoms with Gasteiger partial charge in [-0.2, -0.15) is 0 Å². The smallest absolute Gasteiger partial charge is 0.243 e. The summed E-state index contributed by atoms with van der Waals surface area (Å²) in [6.07, 6.45) is 2.04. The van der Waals surface area contributed by atoms with Crippen molar-refractivity contribution in [2.45, 2.75) is 30.2 Å². The Labute approximate surface area is 164 Å². The van der Waals surface area contributed by atoms with Crippen molar-refractivity contribution >= 4 is 51.5 Å². The molecule has 1 aliphatic rings. The van der Waals surface area contributed by atoms with Gasteiger partial charge < -0.3 is 10.2 Å². The number of halogens is 3. The average Bonchev–Trinajstić information content (AvgIpc) is 2.95. The molecule has 1 atom stereocenters. The number of rotatable bonds is 7. The molecule has 0 bridgehead atoms. The minimum Gasteiger partial charge on any atom is -0.338 e. The van der Waals surface area contributed by atoms with Gasteiger partial charge in [0.15, 0.2) is 0 Å². The summed E-state index contributed by atoms with van der Waals surface area (Å²) < 4.78 is 27.1. The van der Waals surface area contributed by atoms with Crippen LogP contribution in [0.1, 0.15) is 19.3 Å². The van der Waals surface area contributed by atoms with Gasteiger partial charge in [-0.1, -0.05) is 29.3 Å². The minimum atomic E-state index is -3.86. The van der Waals surface area contributed by atoms with E-state index in [2.05, 4.69) is 10.0 Å². The molecule has 1 heterocycles. The van der Waals surface area contributed by atoms with Gasteiger partial charge in [0.05, 0.1) is 10.0 Å². The quantitative estimate of drug-likeness (QED) is 0.696. The van der Waals surface area contributed by atoms with E-state index >= 15 is 0 Å². The lowest BCUT2D eigenvalue weighted by atomic mass is 10.2. The SMILES string of the molecule is CNCC1CCCN1C(=O)CCNS(=O)(=O)c1c(Cl)cccc1Cl.Cl. The number of nitrogens with one attached hydrogen (secondary N) is 2. The molecule has 10 heteroatoms. The van der Waals surface area contributed by atoms with Crippen LogP contribution in [0.5, 0.6) is 0 Å². The molecule has 0 aromatic heterocycles. The van der Waals surface area contributed by atoms with E-state index in [0.29, 0.717) is 6.54 Å². The Balaban J connectivity index is 0.00000312. The van der Waals surface area contributed by atoms with Crippen LogP contribution >= 0.6 is 35.6 Å². The number of carbonyl (C=O) groups is 1. The Morgan fingerprint density at radius 1 is 1.32 bits per heavy atom. The van der Waals surface area contributed by atoms with Gasteiger partial charge >= 0.3 is 0 Å². The Kier molecular flexibility index (Phi) is 8.94. The van der Waals surface area contributed by atoms with Gasteiger partial charge in [0.2, 0.25) is 15.9 Å². The van der Waals surface area contributed by atoms with Gasteiger partial charge in [-0.25, -0.2) is 13.1 Å². The summed E-state index contributed by atoms with van der Waals surface area (Å²) in [7, 11) is -2.01. The number of nitrogens with zero attached hydrogens (tertiary/aromatic N) is 1. The normalized spacial score (nSPS) is 17.4. The van der Waals surface area contributed by atoms with Crippen molar-refractivity contribution in [1.29, 1.82) is 0 Å². The van der Waals surface area contributed by atoms with Gasteiger partial charge in [-0.15, -0.1) is 12.4 Å². The number of carbonyl (C=O) groups excluding carboxylic acids is 1. The van der Waals surface area contributed by atoms with Crippen molar-refractivity contribution in [3.63, 3.8) is 0 Å². The molecule has 1 saturated heterocycles. The zero-order chi connectivity index (χ0) is 17.7. The lowest BCUT2D eigenvalue weighted by molar-refractivity contribution is -0.131. The monoisotopic (exact) mass is 429 g/mol. The third kappa shape index (κ3) is 5.70. The largest absolute Gasteiger partial charge is 0.338 e. The van der Waals surface area contributed by atoms with E-state index in [-0.39, 0.29) is 52.3 Å². The molecular formula is C15H22Cl3N3O3S. The van der Waals surface area contributed by atoms with Gasteiger partial charge in [0.1, 0.15) is 4.90 Å². The highest BCUT2D eigenvalue weighted by molar-refractivity contribution is 7.89. The Morgan fingerprint density at radius 3 is 2.56 bits per heavy atom. The first kappa shape index (κ1) is 22.5. The van der Waals surface area contributed by atoms with E-state index in [1.807, 2.05) is 11.9 Å². The molecule has 0 spiro atoms. The first-order valence-electron chi connectivity index (χ1n) is 7.74. The molecule has 0 saturated carbocycles. The number of hydrogen-bond donors (Lipinski definition) is 2. The molecule has 1 aromatic carbocycles. The minimum absolute atomic E-state index is 0. The van der Waals surface area contributed by atoms with Crippen molar-refractivity contribution < 1.29 is 13.2 Å². The van der Waals surface area contributed by atoms with E-state index in [0.717, 1.165) is 19.4 Å². The second kappa shape index (κ2) is 9.94. The highest BCUT2D eigenvalue weighted by atomic mass is 35.5. The summed E-state index contributed by atoms with van der Waals surface area (Å²) in [5.74, 6) is -0.0549. The molecule has 1 aromatic rings. The van der Waals surface area contributed by atoms with E-state index in [9.17, 15) is 13.2 Å². The van der Waals surface area contributed by atoms with Gasteiger partial charge in [-0.3, -0.25) is 4.79 Å². The second-order valence-corrected chi connectivity index (χ2v) is 8.16. The van der Waals surface area contributed by atoms with Gasteiger partial charge in [0.25, 0.3) is 0 Å². The summed E-state index contributed by atoms with van der Waals surface area (Å²) in [6, 6.07) is 4.67. The zero-order valence-electron chi connectivity index (χ0n) is 13.8. The van der Waals surface area contributed by atoms with Gasteiger partial charge in [0, 0.05) is 32.1 Å². The summed E-state index contributed by atoms with van der Waals surface area (Å²) in [6.45, 7) is 1.46. The van der Waals surface area contributed by atoms with Crippen LogP contribution in [0.25, 0.3) is 0 Å².